The highest BCUT2D eigenvalue weighted by Crippen LogP contribution is 2.25. The number of hydrogen-bond acceptors (Lipinski definition) is 4. The minimum absolute atomic E-state index is 0.0772. The maximum Gasteiger partial charge on any atom is 0.257 e. The number of aromatic nitrogens is 2. The second-order valence-corrected chi connectivity index (χ2v) is 6.36. The zero-order valence-corrected chi connectivity index (χ0v) is 13.2. The maximum atomic E-state index is 12.5. The molecular formula is C16H24N4O. The fraction of sp³-hybridized carbons (Fsp3) is 0.688. The van der Waals surface area contributed by atoms with E-state index in [1.165, 1.54) is 25.8 Å². The topological polar surface area (TPSA) is 49.3 Å². The van der Waals surface area contributed by atoms with Crippen molar-refractivity contribution in [3.63, 3.8) is 0 Å². The summed E-state index contributed by atoms with van der Waals surface area (Å²) >= 11 is 0. The zero-order chi connectivity index (χ0) is 15.0. The molecule has 0 radical (unpaired) electrons. The van der Waals surface area contributed by atoms with Crippen LogP contribution < -0.4 is 0 Å². The van der Waals surface area contributed by atoms with Crippen LogP contribution in [0.25, 0.3) is 0 Å². The third-order valence-corrected chi connectivity index (χ3v) is 4.80. The summed E-state index contributed by atoms with van der Waals surface area (Å²) in [6.07, 6.45) is 5.58. The molecule has 0 aliphatic carbocycles. The van der Waals surface area contributed by atoms with Crippen LogP contribution in [0.5, 0.6) is 0 Å². The summed E-state index contributed by atoms with van der Waals surface area (Å²) in [7, 11) is 0. The lowest BCUT2D eigenvalue weighted by Crippen LogP contribution is -2.63. The number of rotatable bonds is 2. The number of likely N-dealkylation sites (tertiary alicyclic amines) is 2. The Morgan fingerprint density at radius 2 is 2.05 bits per heavy atom. The molecule has 1 atom stereocenters. The fourth-order valence-electron chi connectivity index (χ4n) is 3.46. The Balaban J connectivity index is 1.61. The van der Waals surface area contributed by atoms with Crippen LogP contribution >= 0.6 is 0 Å². The summed E-state index contributed by atoms with van der Waals surface area (Å²) < 4.78 is 0. The number of nitrogens with zero attached hydrogens (tertiary/aromatic N) is 4. The van der Waals surface area contributed by atoms with Crippen molar-refractivity contribution in [3.05, 3.63) is 23.3 Å². The molecule has 2 aliphatic heterocycles. The highest BCUT2D eigenvalue weighted by molar-refractivity contribution is 5.95. The minimum atomic E-state index is 0.0772. The molecule has 0 N–H and O–H groups in total. The number of amides is 1. The summed E-state index contributed by atoms with van der Waals surface area (Å²) in [6, 6.07) is 1.20. The number of carbonyl (C=O) groups is 1. The first-order chi connectivity index (χ1) is 10.1. The lowest BCUT2D eigenvalue weighted by Gasteiger charge is -2.49. The summed E-state index contributed by atoms with van der Waals surface area (Å²) in [5.41, 5.74) is 1.42. The number of piperidine rings is 1. The van der Waals surface area contributed by atoms with E-state index >= 15 is 0 Å². The van der Waals surface area contributed by atoms with Gasteiger partial charge in [-0.25, -0.2) is 9.97 Å². The quantitative estimate of drug-likeness (QED) is 0.832. The third-order valence-electron chi connectivity index (χ3n) is 4.80. The summed E-state index contributed by atoms with van der Waals surface area (Å²) in [4.78, 5) is 25.4. The van der Waals surface area contributed by atoms with Crippen molar-refractivity contribution in [3.8, 4) is 0 Å². The normalized spacial score (nSPS) is 24.0. The molecule has 2 aliphatic rings. The van der Waals surface area contributed by atoms with Gasteiger partial charge in [-0.1, -0.05) is 6.42 Å². The van der Waals surface area contributed by atoms with E-state index in [4.69, 9.17) is 0 Å². The molecule has 0 unspecified atom stereocenters. The molecule has 3 rings (SSSR count). The van der Waals surface area contributed by atoms with Crippen LogP contribution in [0.2, 0.25) is 0 Å². The molecule has 2 fully saturated rings. The molecule has 2 saturated heterocycles. The second kappa shape index (κ2) is 5.72. The maximum absolute atomic E-state index is 12.5. The van der Waals surface area contributed by atoms with Crippen molar-refractivity contribution in [2.24, 2.45) is 0 Å². The van der Waals surface area contributed by atoms with Gasteiger partial charge >= 0.3 is 0 Å². The van der Waals surface area contributed by atoms with E-state index < -0.39 is 0 Å². The van der Waals surface area contributed by atoms with Gasteiger partial charge in [-0.15, -0.1) is 0 Å². The van der Waals surface area contributed by atoms with Gasteiger partial charge < -0.3 is 4.90 Å². The first-order valence-electron chi connectivity index (χ1n) is 7.91. The van der Waals surface area contributed by atoms with Crippen molar-refractivity contribution in [2.45, 2.75) is 52.1 Å². The fourth-order valence-corrected chi connectivity index (χ4v) is 3.46. The molecule has 1 aromatic heterocycles. The van der Waals surface area contributed by atoms with E-state index in [1.54, 1.807) is 6.20 Å². The summed E-state index contributed by atoms with van der Waals surface area (Å²) in [5.74, 6) is 0.793. The molecular weight excluding hydrogens is 264 g/mol. The highest BCUT2D eigenvalue weighted by Gasteiger charge is 2.38. The van der Waals surface area contributed by atoms with Gasteiger partial charge in [-0.05, 0) is 40.2 Å². The predicted molar refractivity (Wildman–Crippen MR) is 81.2 cm³/mol. The molecule has 1 amide bonds. The average molecular weight is 288 g/mol. The van der Waals surface area contributed by atoms with Crippen molar-refractivity contribution >= 4 is 5.91 Å². The Morgan fingerprint density at radius 3 is 2.71 bits per heavy atom. The number of aryl methyl sites for hydroxylation is 2. The Hall–Kier alpha value is -1.49. The highest BCUT2D eigenvalue weighted by atomic mass is 16.2. The molecule has 5 heteroatoms. The number of carbonyl (C=O) groups excluding carboxylic acids is 1. The molecule has 5 nitrogen and oxygen atoms in total. The van der Waals surface area contributed by atoms with Gasteiger partial charge in [0, 0.05) is 31.4 Å². The lowest BCUT2D eigenvalue weighted by molar-refractivity contribution is 0.00203. The second-order valence-electron chi connectivity index (χ2n) is 6.36. The molecule has 0 aromatic carbocycles. The molecule has 0 spiro atoms. The van der Waals surface area contributed by atoms with Crippen LogP contribution in [0, 0.1) is 13.8 Å². The molecule has 3 heterocycles. The summed E-state index contributed by atoms with van der Waals surface area (Å²) in [5, 5.41) is 0. The van der Waals surface area contributed by atoms with E-state index in [2.05, 4.69) is 21.8 Å². The average Bonchev–Trinajstić information content (AvgIpc) is 2.39. The Bertz CT molecular complexity index is 539. The monoisotopic (exact) mass is 288 g/mol. The van der Waals surface area contributed by atoms with Gasteiger partial charge in [-0.3, -0.25) is 9.69 Å². The van der Waals surface area contributed by atoms with Crippen LogP contribution in [0.1, 0.15) is 48.1 Å². The Morgan fingerprint density at radius 1 is 1.29 bits per heavy atom. The first kappa shape index (κ1) is 14.4. The standard InChI is InChI=1S/C16H24N4O/c1-11-6-4-5-7-20(11)14-9-19(10-14)16(21)15-8-17-13(3)18-12(15)2/h8,11,14H,4-7,9-10H2,1-3H3/t11-/m0/s1. The SMILES string of the molecule is Cc1ncc(C(=O)N2CC(N3CCCC[C@@H]3C)C2)c(C)n1. The predicted octanol–water partition coefficient (Wildman–Crippen LogP) is 1.79. The van der Waals surface area contributed by atoms with Crippen LogP contribution in [-0.2, 0) is 0 Å². The smallest absolute Gasteiger partial charge is 0.257 e. The van der Waals surface area contributed by atoms with Crippen LogP contribution in [0.15, 0.2) is 6.20 Å². The lowest BCUT2D eigenvalue weighted by atomic mass is 9.97. The molecule has 1 aromatic rings. The van der Waals surface area contributed by atoms with E-state index in [0.717, 1.165) is 18.8 Å². The largest absolute Gasteiger partial charge is 0.335 e. The van der Waals surface area contributed by atoms with E-state index in [9.17, 15) is 4.79 Å². The van der Waals surface area contributed by atoms with Gasteiger partial charge in [0.25, 0.3) is 5.91 Å². The van der Waals surface area contributed by atoms with E-state index in [0.29, 0.717) is 23.5 Å². The van der Waals surface area contributed by atoms with Gasteiger partial charge in [0.2, 0.25) is 0 Å². The van der Waals surface area contributed by atoms with Gasteiger partial charge in [0.05, 0.1) is 11.3 Å². The van der Waals surface area contributed by atoms with Crippen LogP contribution in [0.3, 0.4) is 0 Å². The first-order valence-corrected chi connectivity index (χ1v) is 7.91. The van der Waals surface area contributed by atoms with E-state index in [-0.39, 0.29) is 5.91 Å². The zero-order valence-electron chi connectivity index (χ0n) is 13.2. The van der Waals surface area contributed by atoms with Crippen molar-refractivity contribution in [1.29, 1.82) is 0 Å². The van der Waals surface area contributed by atoms with Gasteiger partial charge in [-0.2, -0.15) is 0 Å². The molecule has 114 valence electrons. The van der Waals surface area contributed by atoms with Gasteiger partial charge in [0.15, 0.2) is 0 Å². The van der Waals surface area contributed by atoms with Crippen LogP contribution in [0.4, 0.5) is 0 Å². The van der Waals surface area contributed by atoms with Crippen LogP contribution in [-0.4, -0.2) is 57.4 Å². The molecule has 0 bridgehead atoms. The summed E-state index contributed by atoms with van der Waals surface area (Å²) in [6.45, 7) is 8.90. The Labute approximate surface area is 126 Å². The third kappa shape index (κ3) is 2.79. The van der Waals surface area contributed by atoms with Gasteiger partial charge in [0.1, 0.15) is 5.82 Å². The number of hydrogen-bond donors (Lipinski definition) is 0. The van der Waals surface area contributed by atoms with Crippen molar-refractivity contribution in [1.82, 2.24) is 19.8 Å². The molecule has 21 heavy (non-hydrogen) atoms. The van der Waals surface area contributed by atoms with Crippen molar-refractivity contribution < 1.29 is 4.79 Å². The molecule has 0 saturated carbocycles. The minimum Gasteiger partial charge on any atom is -0.335 e. The van der Waals surface area contributed by atoms with E-state index in [1.807, 2.05) is 18.7 Å². The van der Waals surface area contributed by atoms with Crippen molar-refractivity contribution in [2.75, 3.05) is 19.6 Å². The Kier molecular flexibility index (Phi) is 3.93.